The first-order chi connectivity index (χ1) is 16.1. The highest BCUT2D eigenvalue weighted by atomic mass is 16.5. The highest BCUT2D eigenvalue weighted by Crippen LogP contribution is 2.43. The number of aliphatic carboxylic acids is 1. The minimum atomic E-state index is -0.833. The minimum absolute atomic E-state index is 0.0955. The molecule has 2 amide bonds. The predicted molar refractivity (Wildman–Crippen MR) is 121 cm³/mol. The molecule has 10 nitrogen and oxygen atoms in total. The van der Waals surface area contributed by atoms with Crippen molar-refractivity contribution in [2.45, 2.75) is 25.4 Å². The summed E-state index contributed by atoms with van der Waals surface area (Å²) in [6.45, 7) is 1.29. The molecule has 1 aromatic carbocycles. The average Bonchev–Trinajstić information content (AvgIpc) is 3.20. The number of hydrogen-bond donors (Lipinski definition) is 1. The van der Waals surface area contributed by atoms with Gasteiger partial charge in [-0.25, -0.2) is 0 Å². The molecule has 0 aliphatic carbocycles. The van der Waals surface area contributed by atoms with Gasteiger partial charge in [0, 0.05) is 38.3 Å². The standard InChI is InChI=1S/C22H23N3O5.C2H4O2/c1-23-9-8-15(10-18(23)26)21(28)24-12-16-11-17(22(29)30-2)20(25(16)19(27)13-24)14-6-4-3-5-7-14;1-2(3)4/h3-10,16-17,20H,11-13H2,1-2H3;1H3,(H,3,4)/t16-,17-,20-;/m0./s1. The van der Waals surface area contributed by atoms with E-state index in [0.29, 0.717) is 13.0 Å². The van der Waals surface area contributed by atoms with Crippen molar-refractivity contribution in [2.75, 3.05) is 20.2 Å². The fourth-order valence-corrected chi connectivity index (χ4v) is 4.48. The number of nitrogens with zero attached hydrogens (tertiary/aromatic N) is 3. The molecule has 0 bridgehead atoms. The second kappa shape index (κ2) is 10.3. The maximum Gasteiger partial charge on any atom is 0.311 e. The number of pyridine rings is 1. The van der Waals surface area contributed by atoms with Crippen LogP contribution in [0.25, 0.3) is 0 Å². The van der Waals surface area contributed by atoms with E-state index in [1.54, 1.807) is 18.0 Å². The lowest BCUT2D eigenvalue weighted by Crippen LogP contribution is -2.56. The van der Waals surface area contributed by atoms with E-state index in [4.69, 9.17) is 14.6 Å². The topological polar surface area (TPSA) is 126 Å². The van der Waals surface area contributed by atoms with E-state index in [1.165, 1.54) is 28.8 Å². The first-order valence-corrected chi connectivity index (χ1v) is 10.7. The van der Waals surface area contributed by atoms with Crippen LogP contribution in [-0.4, -0.2) is 69.5 Å². The smallest absolute Gasteiger partial charge is 0.311 e. The van der Waals surface area contributed by atoms with Crippen molar-refractivity contribution in [2.24, 2.45) is 13.0 Å². The molecule has 2 fully saturated rings. The number of aromatic nitrogens is 1. The van der Waals surface area contributed by atoms with Crippen LogP contribution >= 0.6 is 0 Å². The van der Waals surface area contributed by atoms with Gasteiger partial charge in [-0.05, 0) is 18.1 Å². The van der Waals surface area contributed by atoms with Crippen molar-refractivity contribution in [3.05, 3.63) is 70.1 Å². The summed E-state index contributed by atoms with van der Waals surface area (Å²) in [5.74, 6) is -2.27. The van der Waals surface area contributed by atoms with Gasteiger partial charge in [-0.15, -0.1) is 0 Å². The lowest BCUT2D eigenvalue weighted by atomic mass is 9.93. The molecule has 180 valence electrons. The van der Waals surface area contributed by atoms with Crippen molar-refractivity contribution >= 4 is 23.8 Å². The van der Waals surface area contributed by atoms with Gasteiger partial charge in [-0.3, -0.25) is 24.0 Å². The number of aryl methyl sites for hydroxylation is 1. The molecule has 2 aromatic rings. The van der Waals surface area contributed by atoms with Gasteiger partial charge in [0.15, 0.2) is 0 Å². The van der Waals surface area contributed by atoms with Crippen LogP contribution in [0.1, 0.15) is 35.3 Å². The van der Waals surface area contributed by atoms with Crippen LogP contribution < -0.4 is 5.56 Å². The van der Waals surface area contributed by atoms with E-state index in [2.05, 4.69) is 0 Å². The molecule has 3 atom stereocenters. The first-order valence-electron chi connectivity index (χ1n) is 10.7. The summed E-state index contributed by atoms with van der Waals surface area (Å²) in [4.78, 5) is 62.6. The summed E-state index contributed by atoms with van der Waals surface area (Å²) < 4.78 is 6.38. The molecule has 0 unspecified atom stereocenters. The number of ether oxygens (including phenoxy) is 1. The molecular weight excluding hydrogens is 442 g/mol. The van der Waals surface area contributed by atoms with Crippen LogP contribution in [0.3, 0.4) is 0 Å². The Morgan fingerprint density at radius 3 is 2.32 bits per heavy atom. The lowest BCUT2D eigenvalue weighted by Gasteiger charge is -2.40. The molecule has 0 saturated carbocycles. The lowest BCUT2D eigenvalue weighted by molar-refractivity contribution is -0.147. The van der Waals surface area contributed by atoms with E-state index in [9.17, 15) is 19.2 Å². The Hall–Kier alpha value is -3.95. The van der Waals surface area contributed by atoms with Crippen LogP contribution in [-0.2, 0) is 26.2 Å². The SMILES string of the molecule is CC(=O)O.COC(=O)[C@H]1C[C@H]2CN(C(=O)c3ccn(C)c(=O)c3)CC(=O)N2[C@H]1c1ccccc1. The fraction of sp³-hybridized carbons (Fsp3) is 0.375. The van der Waals surface area contributed by atoms with Gasteiger partial charge >= 0.3 is 5.97 Å². The Balaban J connectivity index is 0.000000751. The largest absolute Gasteiger partial charge is 0.481 e. The number of methoxy groups -OCH3 is 1. The molecule has 4 rings (SSSR count). The Morgan fingerprint density at radius 2 is 1.74 bits per heavy atom. The number of hydrogen-bond acceptors (Lipinski definition) is 6. The number of fused-ring (bicyclic) bond motifs is 1. The highest BCUT2D eigenvalue weighted by molar-refractivity contribution is 5.97. The number of carbonyl (C=O) groups is 4. The highest BCUT2D eigenvalue weighted by Gasteiger charge is 2.51. The number of carboxylic acids is 1. The van der Waals surface area contributed by atoms with Gasteiger partial charge in [-0.1, -0.05) is 30.3 Å². The van der Waals surface area contributed by atoms with Crippen molar-refractivity contribution < 1.29 is 29.0 Å². The van der Waals surface area contributed by atoms with Crippen LogP contribution in [0.5, 0.6) is 0 Å². The summed E-state index contributed by atoms with van der Waals surface area (Å²) >= 11 is 0. The maximum atomic E-state index is 13.1. The number of carbonyl (C=O) groups excluding carboxylic acids is 3. The van der Waals surface area contributed by atoms with Crippen LogP contribution in [0, 0.1) is 5.92 Å². The summed E-state index contributed by atoms with van der Waals surface area (Å²) in [5.41, 5.74) is 0.832. The minimum Gasteiger partial charge on any atom is -0.481 e. The molecule has 34 heavy (non-hydrogen) atoms. The zero-order chi connectivity index (χ0) is 25.0. The first kappa shape index (κ1) is 24.7. The predicted octanol–water partition coefficient (Wildman–Crippen LogP) is 1.06. The van der Waals surface area contributed by atoms with Crippen molar-refractivity contribution in [3.63, 3.8) is 0 Å². The molecule has 10 heteroatoms. The number of piperazine rings is 1. The third kappa shape index (κ3) is 5.16. The molecule has 1 aromatic heterocycles. The average molecular weight is 469 g/mol. The molecule has 0 spiro atoms. The number of carboxylic acid groups (broad SMARTS) is 1. The Kier molecular flexibility index (Phi) is 7.50. The van der Waals surface area contributed by atoms with Crippen LogP contribution in [0.2, 0.25) is 0 Å². The zero-order valence-electron chi connectivity index (χ0n) is 19.2. The van der Waals surface area contributed by atoms with Gasteiger partial charge < -0.3 is 24.2 Å². The maximum absolute atomic E-state index is 13.1. The Bertz CT molecular complexity index is 1140. The molecule has 0 radical (unpaired) electrons. The van der Waals surface area contributed by atoms with E-state index in [1.807, 2.05) is 30.3 Å². The van der Waals surface area contributed by atoms with E-state index in [-0.39, 0.29) is 41.5 Å². The van der Waals surface area contributed by atoms with E-state index < -0.39 is 17.9 Å². The molecule has 1 N–H and O–H groups in total. The van der Waals surface area contributed by atoms with Crippen LogP contribution in [0.4, 0.5) is 0 Å². The second-order valence-electron chi connectivity index (χ2n) is 8.24. The summed E-state index contributed by atoms with van der Waals surface area (Å²) in [7, 11) is 2.95. The number of rotatable bonds is 3. The van der Waals surface area contributed by atoms with Gasteiger partial charge in [0.05, 0.1) is 25.1 Å². The fourth-order valence-electron chi connectivity index (χ4n) is 4.48. The summed E-state index contributed by atoms with van der Waals surface area (Å²) in [5, 5.41) is 7.42. The molecule has 2 saturated heterocycles. The van der Waals surface area contributed by atoms with Gasteiger partial charge in [0.2, 0.25) is 5.91 Å². The number of amides is 2. The van der Waals surface area contributed by atoms with Crippen molar-refractivity contribution in [1.29, 1.82) is 0 Å². The summed E-state index contributed by atoms with van der Waals surface area (Å²) in [6, 6.07) is 11.5. The molecule has 2 aliphatic rings. The van der Waals surface area contributed by atoms with E-state index in [0.717, 1.165) is 12.5 Å². The Labute approximate surface area is 196 Å². The van der Waals surface area contributed by atoms with Gasteiger partial charge in [0.1, 0.15) is 6.54 Å². The molecule has 3 heterocycles. The monoisotopic (exact) mass is 469 g/mol. The van der Waals surface area contributed by atoms with Gasteiger partial charge in [0.25, 0.3) is 17.4 Å². The third-order valence-corrected chi connectivity index (χ3v) is 5.93. The van der Waals surface area contributed by atoms with Gasteiger partial charge in [-0.2, -0.15) is 0 Å². The van der Waals surface area contributed by atoms with E-state index >= 15 is 0 Å². The zero-order valence-corrected chi connectivity index (χ0v) is 19.2. The molecular formula is C24H27N3O7. The summed E-state index contributed by atoms with van der Waals surface area (Å²) in [6.07, 6.45) is 1.94. The normalized spacial score (nSPS) is 21.3. The second-order valence-corrected chi connectivity index (χ2v) is 8.24. The van der Waals surface area contributed by atoms with Crippen molar-refractivity contribution in [3.8, 4) is 0 Å². The number of esters is 1. The quantitative estimate of drug-likeness (QED) is 0.666. The van der Waals surface area contributed by atoms with Crippen molar-refractivity contribution in [1.82, 2.24) is 14.4 Å². The Morgan fingerprint density at radius 1 is 1.09 bits per heavy atom. The number of benzene rings is 1. The van der Waals surface area contributed by atoms with Crippen LogP contribution in [0.15, 0.2) is 53.5 Å². The molecule has 2 aliphatic heterocycles. The third-order valence-electron chi connectivity index (χ3n) is 5.93.